The second-order valence-electron chi connectivity index (χ2n) is 9.51. The van der Waals surface area contributed by atoms with Crippen molar-refractivity contribution in [3.63, 3.8) is 0 Å². The standard InChI is InChI=1S/C34H40O2P2/c1-5-27-13-11-17-31(23-27)37(25-29-15-7-9-19-33(29)35-3)21-22-38(32-18-12-14-28(6-2)24-32)26-30-16-8-10-20-34(30)36-4/h7-20,23-24H,5-6,21-22,25-26H2,1-4H3. The van der Waals surface area contributed by atoms with E-state index in [0.29, 0.717) is 0 Å². The van der Waals surface area contributed by atoms with Crippen LogP contribution in [0, 0.1) is 0 Å². The van der Waals surface area contributed by atoms with Gasteiger partial charge in [-0.2, -0.15) is 0 Å². The lowest BCUT2D eigenvalue weighted by Crippen LogP contribution is -2.13. The molecule has 38 heavy (non-hydrogen) atoms. The molecule has 4 aromatic rings. The first-order valence-corrected chi connectivity index (χ1v) is 17.0. The fourth-order valence-corrected chi connectivity index (χ4v) is 10.6. The molecule has 2 unspecified atom stereocenters. The third-order valence-corrected chi connectivity index (χ3v) is 12.5. The van der Waals surface area contributed by atoms with Crippen LogP contribution >= 0.6 is 15.8 Å². The van der Waals surface area contributed by atoms with Crippen LogP contribution in [0.25, 0.3) is 0 Å². The van der Waals surface area contributed by atoms with Crippen molar-refractivity contribution in [2.45, 2.75) is 39.0 Å². The summed E-state index contributed by atoms with van der Waals surface area (Å²) in [5.74, 6) is 2.00. The quantitative estimate of drug-likeness (QED) is 0.159. The molecular weight excluding hydrogens is 502 g/mol. The number of ether oxygens (including phenoxy) is 2. The maximum absolute atomic E-state index is 5.75. The van der Waals surface area contributed by atoms with Gasteiger partial charge in [0, 0.05) is 12.3 Å². The predicted molar refractivity (Wildman–Crippen MR) is 168 cm³/mol. The highest BCUT2D eigenvalue weighted by Crippen LogP contribution is 2.48. The molecule has 0 aliphatic rings. The molecule has 0 bridgehead atoms. The van der Waals surface area contributed by atoms with E-state index in [1.54, 1.807) is 14.2 Å². The topological polar surface area (TPSA) is 18.5 Å². The van der Waals surface area contributed by atoms with Gasteiger partial charge in [-0.15, -0.1) is 0 Å². The molecular formula is C34H40O2P2. The summed E-state index contributed by atoms with van der Waals surface area (Å²) in [4.78, 5) is 0. The summed E-state index contributed by atoms with van der Waals surface area (Å²) in [5, 5.41) is 3.00. The lowest BCUT2D eigenvalue weighted by molar-refractivity contribution is 0.411. The normalized spacial score (nSPS) is 12.6. The van der Waals surface area contributed by atoms with E-state index in [4.69, 9.17) is 9.47 Å². The van der Waals surface area contributed by atoms with E-state index in [1.807, 2.05) is 0 Å². The molecule has 0 fully saturated rings. The molecule has 0 aromatic heterocycles. The predicted octanol–water partition coefficient (Wildman–Crippen LogP) is 8.14. The first-order chi connectivity index (χ1) is 18.6. The van der Waals surface area contributed by atoms with Crippen LogP contribution < -0.4 is 20.1 Å². The number of rotatable bonds is 13. The maximum atomic E-state index is 5.75. The first-order valence-electron chi connectivity index (χ1n) is 13.6. The lowest BCUT2D eigenvalue weighted by atomic mass is 10.2. The van der Waals surface area contributed by atoms with Crippen LogP contribution in [0.15, 0.2) is 97.1 Å². The van der Waals surface area contributed by atoms with Crippen molar-refractivity contribution in [1.82, 2.24) is 0 Å². The van der Waals surface area contributed by atoms with Gasteiger partial charge >= 0.3 is 0 Å². The zero-order valence-electron chi connectivity index (χ0n) is 23.2. The zero-order valence-corrected chi connectivity index (χ0v) is 25.0. The molecule has 4 rings (SSSR count). The molecule has 0 saturated carbocycles. The number of benzene rings is 4. The first kappa shape index (κ1) is 28.4. The Morgan fingerprint density at radius 2 is 0.947 bits per heavy atom. The average molecular weight is 543 g/mol. The molecule has 0 aliphatic heterocycles. The van der Waals surface area contributed by atoms with Gasteiger partial charge in [0.05, 0.1) is 14.2 Å². The minimum absolute atomic E-state index is 0.391. The Balaban J connectivity index is 1.66. The maximum Gasteiger partial charge on any atom is 0.122 e. The summed E-state index contributed by atoms with van der Waals surface area (Å²) in [6, 6.07) is 35.6. The van der Waals surface area contributed by atoms with E-state index in [0.717, 1.165) is 36.7 Å². The number of hydrogen-bond acceptors (Lipinski definition) is 2. The molecule has 4 aromatic carbocycles. The molecule has 2 atom stereocenters. The van der Waals surface area contributed by atoms with Gasteiger partial charge in [-0.1, -0.05) is 115 Å². The van der Waals surface area contributed by atoms with Gasteiger partial charge in [0.2, 0.25) is 0 Å². The van der Waals surface area contributed by atoms with Crippen LogP contribution in [0.5, 0.6) is 11.5 Å². The summed E-state index contributed by atoms with van der Waals surface area (Å²) < 4.78 is 11.5. The van der Waals surface area contributed by atoms with Crippen molar-refractivity contribution in [2.75, 3.05) is 26.5 Å². The van der Waals surface area contributed by atoms with E-state index in [9.17, 15) is 0 Å². The van der Waals surface area contributed by atoms with Crippen LogP contribution in [-0.2, 0) is 25.2 Å². The second-order valence-corrected chi connectivity index (χ2v) is 14.2. The van der Waals surface area contributed by atoms with Gasteiger partial charge in [0.15, 0.2) is 0 Å². The summed E-state index contributed by atoms with van der Waals surface area (Å²) in [5.41, 5.74) is 5.46. The van der Waals surface area contributed by atoms with Crippen LogP contribution in [0.1, 0.15) is 36.1 Å². The van der Waals surface area contributed by atoms with E-state index in [-0.39, 0.29) is 0 Å². The monoisotopic (exact) mass is 542 g/mol. The van der Waals surface area contributed by atoms with E-state index in [2.05, 4.69) is 111 Å². The van der Waals surface area contributed by atoms with Gasteiger partial charge in [0.25, 0.3) is 0 Å². The molecule has 0 heterocycles. The molecule has 198 valence electrons. The van der Waals surface area contributed by atoms with Crippen molar-refractivity contribution in [3.8, 4) is 11.5 Å². The van der Waals surface area contributed by atoms with Crippen molar-refractivity contribution >= 4 is 26.5 Å². The second kappa shape index (κ2) is 14.5. The molecule has 0 aliphatic carbocycles. The Labute approximate surface area is 231 Å². The Kier molecular flexibility index (Phi) is 10.8. The number of hydrogen-bond donors (Lipinski definition) is 0. The fourth-order valence-electron chi connectivity index (χ4n) is 4.86. The Morgan fingerprint density at radius 3 is 1.34 bits per heavy atom. The largest absolute Gasteiger partial charge is 0.496 e. The highest BCUT2D eigenvalue weighted by molar-refractivity contribution is 7.68. The molecule has 2 nitrogen and oxygen atoms in total. The van der Waals surface area contributed by atoms with Crippen molar-refractivity contribution in [3.05, 3.63) is 119 Å². The SMILES string of the molecule is CCc1cccc(P(CCP(Cc2ccccc2OC)c2cccc(CC)c2)Cc2ccccc2OC)c1. The highest BCUT2D eigenvalue weighted by Gasteiger charge is 2.20. The van der Waals surface area contributed by atoms with Crippen LogP contribution in [0.4, 0.5) is 0 Å². The van der Waals surface area contributed by atoms with Gasteiger partial charge in [-0.25, -0.2) is 0 Å². The minimum atomic E-state index is -0.391. The summed E-state index contributed by atoms with van der Waals surface area (Å²) in [6.45, 7) is 4.49. The number of aryl methyl sites for hydroxylation is 2. The Bertz CT molecular complexity index is 1200. The molecule has 0 radical (unpaired) electrons. The fraction of sp³-hybridized carbons (Fsp3) is 0.294. The smallest absolute Gasteiger partial charge is 0.122 e. The number of para-hydroxylation sites is 2. The van der Waals surface area contributed by atoms with Crippen molar-refractivity contribution < 1.29 is 9.47 Å². The van der Waals surface area contributed by atoms with Crippen molar-refractivity contribution in [1.29, 1.82) is 0 Å². The Hall–Kier alpha value is -2.66. The van der Waals surface area contributed by atoms with E-state index in [1.165, 1.54) is 45.2 Å². The zero-order chi connectivity index (χ0) is 26.7. The Morgan fingerprint density at radius 1 is 0.526 bits per heavy atom. The van der Waals surface area contributed by atoms with Gasteiger partial charge in [-0.3, -0.25) is 0 Å². The van der Waals surface area contributed by atoms with Gasteiger partial charge < -0.3 is 9.47 Å². The number of methoxy groups -OCH3 is 2. The molecule has 0 saturated heterocycles. The van der Waals surface area contributed by atoms with Crippen LogP contribution in [0.2, 0.25) is 0 Å². The minimum Gasteiger partial charge on any atom is -0.496 e. The summed E-state index contributed by atoms with van der Waals surface area (Å²) in [7, 11) is 2.79. The van der Waals surface area contributed by atoms with Crippen LogP contribution in [-0.4, -0.2) is 26.5 Å². The van der Waals surface area contributed by atoms with Gasteiger partial charge in [-0.05, 0) is 70.2 Å². The lowest BCUT2D eigenvalue weighted by Gasteiger charge is -2.25. The summed E-state index contributed by atoms with van der Waals surface area (Å²) in [6.07, 6.45) is 6.60. The third-order valence-electron chi connectivity index (χ3n) is 7.12. The van der Waals surface area contributed by atoms with Crippen LogP contribution in [0.3, 0.4) is 0 Å². The van der Waals surface area contributed by atoms with E-state index >= 15 is 0 Å². The molecule has 4 heteroatoms. The summed E-state index contributed by atoms with van der Waals surface area (Å²) >= 11 is 0. The van der Waals surface area contributed by atoms with E-state index < -0.39 is 15.8 Å². The molecule has 0 amide bonds. The third kappa shape index (κ3) is 7.47. The average Bonchev–Trinajstić information content (AvgIpc) is 2.98. The molecule has 0 spiro atoms. The molecule has 0 N–H and O–H groups in total. The van der Waals surface area contributed by atoms with Crippen molar-refractivity contribution in [2.24, 2.45) is 0 Å². The van der Waals surface area contributed by atoms with Gasteiger partial charge in [0.1, 0.15) is 11.5 Å². The highest BCUT2D eigenvalue weighted by atomic mass is 31.1.